The van der Waals surface area contributed by atoms with Crippen molar-refractivity contribution in [2.75, 3.05) is 0 Å². The van der Waals surface area contributed by atoms with Gasteiger partial charge >= 0.3 is 0 Å². The van der Waals surface area contributed by atoms with Crippen molar-refractivity contribution < 1.29 is 5.21 Å². The van der Waals surface area contributed by atoms with E-state index >= 15 is 0 Å². The van der Waals surface area contributed by atoms with Gasteiger partial charge in [-0.15, -0.1) is 0 Å². The minimum Gasteiger partial charge on any atom is -0.410 e. The standard InChI is InChI=1S/C4H6N2O/c1-2-4(3-5)6-7/h7H,2H2,1H3/b6-4+. The summed E-state index contributed by atoms with van der Waals surface area (Å²) < 4.78 is 0. The fourth-order valence-electron chi connectivity index (χ4n) is 0.172. The van der Waals surface area contributed by atoms with Crippen LogP contribution in [0.4, 0.5) is 0 Å². The molecule has 0 unspecified atom stereocenters. The molecule has 0 atom stereocenters. The van der Waals surface area contributed by atoms with Gasteiger partial charge in [0.05, 0.1) is 0 Å². The van der Waals surface area contributed by atoms with E-state index in [4.69, 9.17) is 10.5 Å². The van der Waals surface area contributed by atoms with E-state index in [2.05, 4.69) is 5.16 Å². The molecule has 0 aliphatic heterocycles. The van der Waals surface area contributed by atoms with E-state index in [1.165, 1.54) is 0 Å². The van der Waals surface area contributed by atoms with Gasteiger partial charge in [0, 0.05) is 6.42 Å². The molecule has 0 aliphatic carbocycles. The van der Waals surface area contributed by atoms with Crippen molar-refractivity contribution in [3.05, 3.63) is 0 Å². The summed E-state index contributed by atoms with van der Waals surface area (Å²) in [6, 6.07) is 1.70. The maximum Gasteiger partial charge on any atom is 0.156 e. The zero-order chi connectivity index (χ0) is 5.70. The molecule has 0 radical (unpaired) electrons. The average Bonchev–Trinajstić information content (AvgIpc) is 1.72. The van der Waals surface area contributed by atoms with Gasteiger partial charge in [0.25, 0.3) is 0 Å². The molecule has 0 aliphatic rings. The fourth-order valence-corrected chi connectivity index (χ4v) is 0.172. The van der Waals surface area contributed by atoms with Crippen molar-refractivity contribution in [3.8, 4) is 6.07 Å². The highest BCUT2D eigenvalue weighted by molar-refractivity contribution is 5.97. The van der Waals surface area contributed by atoms with Crippen molar-refractivity contribution in [1.29, 1.82) is 5.26 Å². The second-order valence-corrected chi connectivity index (χ2v) is 1.01. The molecule has 1 N–H and O–H groups in total. The maximum absolute atomic E-state index is 7.99. The minimum absolute atomic E-state index is 0.167. The van der Waals surface area contributed by atoms with Crippen molar-refractivity contribution in [2.24, 2.45) is 5.16 Å². The van der Waals surface area contributed by atoms with E-state index in [1.54, 1.807) is 13.0 Å². The molecule has 0 aromatic carbocycles. The number of oxime groups is 1. The second kappa shape index (κ2) is 3.16. The highest BCUT2D eigenvalue weighted by atomic mass is 16.4. The van der Waals surface area contributed by atoms with Crippen molar-refractivity contribution in [1.82, 2.24) is 0 Å². The van der Waals surface area contributed by atoms with Gasteiger partial charge in [-0.1, -0.05) is 12.1 Å². The van der Waals surface area contributed by atoms with Crippen molar-refractivity contribution >= 4 is 5.71 Å². The summed E-state index contributed by atoms with van der Waals surface area (Å²) >= 11 is 0. The molecule has 3 heteroatoms. The molecule has 0 amide bonds. The SMILES string of the molecule is CC/C(C#N)=N\O. The molecule has 3 nitrogen and oxygen atoms in total. The Hall–Kier alpha value is -1.04. The Balaban J connectivity index is 3.68. The van der Waals surface area contributed by atoms with Crippen LogP contribution in [0.15, 0.2) is 5.16 Å². The number of hydrogen-bond donors (Lipinski definition) is 1. The van der Waals surface area contributed by atoms with Gasteiger partial charge in [0.1, 0.15) is 6.07 Å². The monoisotopic (exact) mass is 98.0 g/mol. The molecule has 0 fully saturated rings. The van der Waals surface area contributed by atoms with Gasteiger partial charge in [0.2, 0.25) is 0 Å². The predicted octanol–water partition coefficient (Wildman–Crippen LogP) is 0.750. The molecule has 7 heavy (non-hydrogen) atoms. The molecular weight excluding hydrogens is 92.1 g/mol. The first-order valence-corrected chi connectivity index (χ1v) is 1.96. The zero-order valence-electron chi connectivity index (χ0n) is 4.05. The number of rotatable bonds is 1. The van der Waals surface area contributed by atoms with Crippen LogP contribution in [-0.2, 0) is 0 Å². The summed E-state index contributed by atoms with van der Waals surface area (Å²) in [6.45, 7) is 1.75. The van der Waals surface area contributed by atoms with E-state index < -0.39 is 0 Å². The van der Waals surface area contributed by atoms with Crippen molar-refractivity contribution in [2.45, 2.75) is 13.3 Å². The first-order chi connectivity index (χ1) is 3.35. The Morgan fingerprint density at radius 2 is 2.57 bits per heavy atom. The third-order valence-electron chi connectivity index (χ3n) is 0.585. The smallest absolute Gasteiger partial charge is 0.156 e. The van der Waals surface area contributed by atoms with Crippen LogP contribution in [0.2, 0.25) is 0 Å². The molecule has 0 saturated carbocycles. The summed E-state index contributed by atoms with van der Waals surface area (Å²) in [5.74, 6) is 0. The van der Waals surface area contributed by atoms with Crippen LogP contribution < -0.4 is 0 Å². The highest BCUT2D eigenvalue weighted by Crippen LogP contribution is 1.78. The van der Waals surface area contributed by atoms with Crippen LogP contribution in [0, 0.1) is 11.3 Å². The predicted molar refractivity (Wildman–Crippen MR) is 25.1 cm³/mol. The third kappa shape index (κ3) is 1.77. The van der Waals surface area contributed by atoms with Crippen molar-refractivity contribution in [3.63, 3.8) is 0 Å². The highest BCUT2D eigenvalue weighted by Gasteiger charge is 1.87. The molecule has 0 rings (SSSR count). The summed E-state index contributed by atoms with van der Waals surface area (Å²) in [5.41, 5.74) is 0.167. The van der Waals surface area contributed by atoms with Gasteiger partial charge in [-0.3, -0.25) is 0 Å². The van der Waals surface area contributed by atoms with Gasteiger partial charge in [-0.2, -0.15) is 5.26 Å². The third-order valence-corrected chi connectivity index (χ3v) is 0.585. The summed E-state index contributed by atoms with van der Waals surface area (Å²) in [7, 11) is 0. The lowest BCUT2D eigenvalue weighted by Gasteiger charge is -1.78. The molecular formula is C4H6N2O. The van der Waals surface area contributed by atoms with E-state index in [0.717, 1.165) is 0 Å². The minimum atomic E-state index is 0.167. The average molecular weight is 98.1 g/mol. The van der Waals surface area contributed by atoms with Crippen LogP contribution in [0.3, 0.4) is 0 Å². The zero-order valence-corrected chi connectivity index (χ0v) is 4.05. The van der Waals surface area contributed by atoms with Gasteiger partial charge < -0.3 is 5.21 Å². The van der Waals surface area contributed by atoms with Gasteiger partial charge in [-0.05, 0) is 0 Å². The van der Waals surface area contributed by atoms with E-state index in [9.17, 15) is 0 Å². The quantitative estimate of drug-likeness (QED) is 0.299. The van der Waals surface area contributed by atoms with Crippen LogP contribution in [0.5, 0.6) is 0 Å². The number of nitriles is 1. The second-order valence-electron chi connectivity index (χ2n) is 1.01. The molecule has 0 saturated heterocycles. The summed E-state index contributed by atoms with van der Waals surface area (Å²) in [4.78, 5) is 0. The Bertz CT molecular complexity index is 111. The first-order valence-electron chi connectivity index (χ1n) is 1.96. The number of nitrogens with zero attached hydrogens (tertiary/aromatic N) is 2. The van der Waals surface area contributed by atoms with Crippen LogP contribution >= 0.6 is 0 Å². The Kier molecular flexibility index (Phi) is 2.69. The van der Waals surface area contributed by atoms with Gasteiger partial charge in [0.15, 0.2) is 5.71 Å². The maximum atomic E-state index is 7.99. The Morgan fingerprint density at radius 1 is 2.00 bits per heavy atom. The van der Waals surface area contributed by atoms with E-state index in [-0.39, 0.29) is 5.71 Å². The molecule has 0 aromatic heterocycles. The van der Waals surface area contributed by atoms with Gasteiger partial charge in [-0.25, -0.2) is 0 Å². The topological polar surface area (TPSA) is 56.4 Å². The molecule has 0 spiro atoms. The van der Waals surface area contributed by atoms with Crippen LogP contribution in [0.25, 0.3) is 0 Å². The van der Waals surface area contributed by atoms with Crippen LogP contribution in [0.1, 0.15) is 13.3 Å². The molecule has 38 valence electrons. The Labute approximate surface area is 41.9 Å². The molecule has 0 heterocycles. The van der Waals surface area contributed by atoms with E-state index in [0.29, 0.717) is 6.42 Å². The van der Waals surface area contributed by atoms with Crippen LogP contribution in [-0.4, -0.2) is 10.9 Å². The lowest BCUT2D eigenvalue weighted by atomic mass is 10.3. The Morgan fingerprint density at radius 3 is 2.57 bits per heavy atom. The lowest BCUT2D eigenvalue weighted by molar-refractivity contribution is 0.318. The molecule has 0 aromatic rings. The van der Waals surface area contributed by atoms with E-state index in [1.807, 2.05) is 0 Å². The summed E-state index contributed by atoms with van der Waals surface area (Å²) in [6.07, 6.45) is 0.493. The largest absolute Gasteiger partial charge is 0.410 e. The normalized spacial score (nSPS) is 10.6. The fraction of sp³-hybridized carbons (Fsp3) is 0.500. The summed E-state index contributed by atoms with van der Waals surface area (Å²) in [5, 5.41) is 18.6. The first kappa shape index (κ1) is 5.96. The lowest BCUT2D eigenvalue weighted by Crippen LogP contribution is -1.87. The number of hydrogen-bond acceptors (Lipinski definition) is 3. The molecule has 0 bridgehead atoms.